The Morgan fingerprint density at radius 3 is 2.57 bits per heavy atom. The monoisotopic (exact) mass is 369 g/mol. The molecule has 1 rings (SSSR count). The van der Waals surface area contributed by atoms with Gasteiger partial charge in [-0.15, -0.1) is 0 Å². The van der Waals surface area contributed by atoms with Crippen LogP contribution in [0.5, 0.6) is 0 Å². The lowest BCUT2D eigenvalue weighted by Gasteiger charge is -2.16. The fourth-order valence-corrected chi connectivity index (χ4v) is 2.00. The zero-order chi connectivity index (χ0) is 16.0. The zero-order valence-electron chi connectivity index (χ0n) is 11.5. The number of alkyl halides is 3. The van der Waals surface area contributed by atoms with E-state index >= 15 is 0 Å². The van der Waals surface area contributed by atoms with E-state index in [2.05, 4.69) is 21.2 Å². The van der Waals surface area contributed by atoms with Gasteiger partial charge < -0.3 is 14.8 Å². The standard InChI is InChI=1S/C13H15BrF3NO3/c1-20-7-9(21-2)6-18-12(19)10-5-8(13(15,16)17)3-4-11(10)14/h3-5,9H,6-7H2,1-2H3,(H,18,19). The second-order valence-corrected chi connectivity index (χ2v) is 5.07. The number of rotatable bonds is 6. The Balaban J connectivity index is 2.82. The van der Waals surface area contributed by atoms with Gasteiger partial charge in [0.15, 0.2) is 0 Å². The number of ether oxygens (including phenoxy) is 2. The van der Waals surface area contributed by atoms with Crippen LogP contribution in [0.4, 0.5) is 13.2 Å². The maximum absolute atomic E-state index is 12.6. The molecular weight excluding hydrogens is 355 g/mol. The van der Waals surface area contributed by atoms with E-state index in [4.69, 9.17) is 9.47 Å². The number of carbonyl (C=O) groups is 1. The summed E-state index contributed by atoms with van der Waals surface area (Å²) in [5.41, 5.74) is -0.965. The Morgan fingerprint density at radius 1 is 1.38 bits per heavy atom. The summed E-state index contributed by atoms with van der Waals surface area (Å²) in [6.07, 6.45) is -4.87. The molecular formula is C13H15BrF3NO3. The lowest BCUT2D eigenvalue weighted by atomic mass is 10.1. The van der Waals surface area contributed by atoms with Crippen molar-refractivity contribution < 1.29 is 27.4 Å². The summed E-state index contributed by atoms with van der Waals surface area (Å²) in [7, 11) is 2.94. The van der Waals surface area contributed by atoms with Crippen LogP contribution in [-0.4, -0.2) is 39.4 Å². The van der Waals surface area contributed by atoms with Gasteiger partial charge in [0, 0.05) is 25.2 Å². The van der Waals surface area contributed by atoms with Gasteiger partial charge in [0.05, 0.1) is 23.8 Å². The number of halogens is 4. The van der Waals surface area contributed by atoms with Crippen LogP contribution in [0.15, 0.2) is 22.7 Å². The van der Waals surface area contributed by atoms with Crippen molar-refractivity contribution in [2.45, 2.75) is 12.3 Å². The predicted octanol–water partition coefficient (Wildman–Crippen LogP) is 2.86. The summed E-state index contributed by atoms with van der Waals surface area (Å²) in [4.78, 5) is 12.0. The van der Waals surface area contributed by atoms with E-state index in [1.807, 2.05) is 0 Å². The summed E-state index contributed by atoms with van der Waals surface area (Å²) in [5, 5.41) is 2.51. The second-order valence-electron chi connectivity index (χ2n) is 4.22. The summed E-state index contributed by atoms with van der Waals surface area (Å²) < 4.78 is 48.2. The largest absolute Gasteiger partial charge is 0.416 e. The third kappa shape index (κ3) is 5.29. The molecule has 1 unspecified atom stereocenters. The molecule has 0 spiro atoms. The van der Waals surface area contributed by atoms with Crippen molar-refractivity contribution in [3.63, 3.8) is 0 Å². The highest BCUT2D eigenvalue weighted by molar-refractivity contribution is 9.10. The molecule has 0 aliphatic carbocycles. The molecule has 1 atom stereocenters. The molecule has 0 fully saturated rings. The maximum atomic E-state index is 12.6. The van der Waals surface area contributed by atoms with Crippen molar-refractivity contribution in [1.82, 2.24) is 5.32 Å². The fourth-order valence-electron chi connectivity index (χ4n) is 1.57. The molecule has 0 aromatic heterocycles. The molecule has 1 aromatic rings. The minimum absolute atomic E-state index is 0.0860. The number of carbonyl (C=O) groups excluding carboxylic acids is 1. The molecule has 0 heterocycles. The minimum atomic E-state index is -4.50. The summed E-state index contributed by atoms with van der Waals surface area (Å²) >= 11 is 3.07. The second kappa shape index (κ2) is 7.77. The Hall–Kier alpha value is -1.12. The molecule has 4 nitrogen and oxygen atoms in total. The number of methoxy groups -OCH3 is 2. The molecule has 8 heteroatoms. The van der Waals surface area contributed by atoms with E-state index in [1.165, 1.54) is 20.3 Å². The lowest BCUT2D eigenvalue weighted by Crippen LogP contribution is -2.35. The molecule has 0 saturated carbocycles. The van der Waals surface area contributed by atoms with E-state index < -0.39 is 17.6 Å². The third-order valence-corrected chi connectivity index (χ3v) is 3.41. The molecule has 1 amide bonds. The van der Waals surface area contributed by atoms with Crippen LogP contribution in [0.25, 0.3) is 0 Å². The first kappa shape index (κ1) is 17.9. The maximum Gasteiger partial charge on any atom is 0.416 e. The van der Waals surface area contributed by atoms with Gasteiger partial charge in [-0.3, -0.25) is 4.79 Å². The number of hydrogen-bond donors (Lipinski definition) is 1. The lowest BCUT2D eigenvalue weighted by molar-refractivity contribution is -0.137. The van der Waals surface area contributed by atoms with Crippen LogP contribution >= 0.6 is 15.9 Å². The highest BCUT2D eigenvalue weighted by atomic mass is 79.9. The van der Waals surface area contributed by atoms with Crippen molar-refractivity contribution >= 4 is 21.8 Å². The molecule has 0 aliphatic rings. The van der Waals surface area contributed by atoms with E-state index in [0.717, 1.165) is 12.1 Å². The molecule has 118 valence electrons. The first-order valence-electron chi connectivity index (χ1n) is 5.96. The first-order chi connectivity index (χ1) is 9.79. The smallest absolute Gasteiger partial charge is 0.382 e. The van der Waals surface area contributed by atoms with Gasteiger partial charge in [-0.2, -0.15) is 13.2 Å². The normalized spacial score (nSPS) is 13.0. The Labute approximate surface area is 128 Å². The third-order valence-electron chi connectivity index (χ3n) is 2.71. The number of nitrogens with one attached hydrogen (secondary N) is 1. The number of hydrogen-bond acceptors (Lipinski definition) is 3. The van der Waals surface area contributed by atoms with Crippen LogP contribution in [0, 0.1) is 0 Å². The highest BCUT2D eigenvalue weighted by Crippen LogP contribution is 2.31. The Bertz CT molecular complexity index is 494. The Kier molecular flexibility index (Phi) is 6.63. The van der Waals surface area contributed by atoms with E-state index in [9.17, 15) is 18.0 Å². The van der Waals surface area contributed by atoms with Crippen LogP contribution < -0.4 is 5.32 Å². The van der Waals surface area contributed by atoms with Crippen molar-refractivity contribution in [2.75, 3.05) is 27.4 Å². The van der Waals surface area contributed by atoms with Crippen molar-refractivity contribution in [2.24, 2.45) is 0 Å². The zero-order valence-corrected chi connectivity index (χ0v) is 13.0. The SMILES string of the molecule is COCC(CNC(=O)c1cc(C(F)(F)F)ccc1Br)OC. The number of benzene rings is 1. The van der Waals surface area contributed by atoms with Gasteiger partial charge in [-0.25, -0.2) is 0 Å². The summed E-state index contributed by atoms with van der Waals surface area (Å²) in [6, 6.07) is 2.90. The molecule has 1 N–H and O–H groups in total. The van der Waals surface area contributed by atoms with Gasteiger partial charge in [-0.05, 0) is 34.1 Å². The van der Waals surface area contributed by atoms with E-state index in [-0.39, 0.29) is 29.3 Å². The van der Waals surface area contributed by atoms with Gasteiger partial charge in [0.1, 0.15) is 0 Å². The highest BCUT2D eigenvalue weighted by Gasteiger charge is 2.31. The molecule has 21 heavy (non-hydrogen) atoms. The molecule has 0 saturated heterocycles. The van der Waals surface area contributed by atoms with Crippen LogP contribution in [0.2, 0.25) is 0 Å². The van der Waals surface area contributed by atoms with Crippen LogP contribution in [0.3, 0.4) is 0 Å². The topological polar surface area (TPSA) is 47.6 Å². The molecule has 0 bridgehead atoms. The van der Waals surface area contributed by atoms with Crippen molar-refractivity contribution in [1.29, 1.82) is 0 Å². The van der Waals surface area contributed by atoms with Gasteiger partial charge in [-0.1, -0.05) is 0 Å². The van der Waals surface area contributed by atoms with Gasteiger partial charge in [0.25, 0.3) is 5.91 Å². The van der Waals surface area contributed by atoms with Gasteiger partial charge >= 0.3 is 6.18 Å². The first-order valence-corrected chi connectivity index (χ1v) is 6.75. The quantitative estimate of drug-likeness (QED) is 0.838. The molecule has 0 aliphatic heterocycles. The molecule has 0 radical (unpaired) electrons. The minimum Gasteiger partial charge on any atom is -0.382 e. The van der Waals surface area contributed by atoms with Gasteiger partial charge in [0.2, 0.25) is 0 Å². The fraction of sp³-hybridized carbons (Fsp3) is 0.462. The van der Waals surface area contributed by atoms with E-state index in [1.54, 1.807) is 0 Å². The van der Waals surface area contributed by atoms with Crippen LogP contribution in [0.1, 0.15) is 15.9 Å². The number of amides is 1. The van der Waals surface area contributed by atoms with Crippen molar-refractivity contribution in [3.05, 3.63) is 33.8 Å². The summed E-state index contributed by atoms with van der Waals surface area (Å²) in [6.45, 7) is 0.395. The average molecular weight is 370 g/mol. The predicted molar refractivity (Wildman–Crippen MR) is 74.2 cm³/mol. The summed E-state index contributed by atoms with van der Waals surface area (Å²) in [5.74, 6) is -0.619. The Morgan fingerprint density at radius 2 is 2.05 bits per heavy atom. The van der Waals surface area contributed by atoms with Crippen molar-refractivity contribution in [3.8, 4) is 0 Å². The average Bonchev–Trinajstić information content (AvgIpc) is 2.42. The molecule has 1 aromatic carbocycles. The van der Waals surface area contributed by atoms with E-state index in [0.29, 0.717) is 0 Å². The van der Waals surface area contributed by atoms with Crippen LogP contribution in [-0.2, 0) is 15.7 Å².